The van der Waals surface area contributed by atoms with E-state index in [-0.39, 0.29) is 17.0 Å². The third-order valence-electron chi connectivity index (χ3n) is 5.47. The topological polar surface area (TPSA) is 57.6 Å². The molecule has 2 heterocycles. The number of hydrogen-bond acceptors (Lipinski definition) is 4. The number of thiophene rings is 1. The zero-order valence-corrected chi connectivity index (χ0v) is 17.3. The van der Waals surface area contributed by atoms with Crippen LogP contribution in [0.2, 0.25) is 0 Å². The molecule has 1 saturated heterocycles. The quantitative estimate of drug-likeness (QED) is 0.245. The van der Waals surface area contributed by atoms with Crippen LogP contribution in [0, 0.1) is 11.6 Å². The highest BCUT2D eigenvalue weighted by Crippen LogP contribution is 2.44. The van der Waals surface area contributed by atoms with E-state index in [1.165, 1.54) is 11.3 Å². The fourth-order valence-corrected chi connectivity index (χ4v) is 4.87. The van der Waals surface area contributed by atoms with Crippen LogP contribution in [0.1, 0.15) is 16.5 Å². The molecule has 0 spiro atoms. The molecule has 7 heteroatoms. The molecular formula is C25H15F2NO3S. The van der Waals surface area contributed by atoms with Crippen LogP contribution in [-0.4, -0.2) is 16.8 Å². The Bertz CT molecular complexity index is 1410. The first kappa shape index (κ1) is 20.1. The van der Waals surface area contributed by atoms with Crippen molar-refractivity contribution in [3.8, 4) is 0 Å². The van der Waals surface area contributed by atoms with Gasteiger partial charge in [0.25, 0.3) is 11.7 Å². The summed E-state index contributed by atoms with van der Waals surface area (Å²) in [6, 6.07) is 17.8. The SMILES string of the molecule is O=C1C(=O)N(c2ccc(F)cc2F)C(c2cccs2)/C1=C(/O)c1cccc2ccccc12. The summed E-state index contributed by atoms with van der Waals surface area (Å²) < 4.78 is 28.2. The molecule has 1 aromatic heterocycles. The number of fused-ring (bicyclic) bond motifs is 1. The van der Waals surface area contributed by atoms with Crippen molar-refractivity contribution in [2.75, 3.05) is 4.90 Å². The van der Waals surface area contributed by atoms with Gasteiger partial charge in [-0.2, -0.15) is 0 Å². The number of aliphatic hydroxyl groups is 1. The maximum Gasteiger partial charge on any atom is 0.300 e. The lowest BCUT2D eigenvalue weighted by Gasteiger charge is -2.24. The third-order valence-corrected chi connectivity index (χ3v) is 6.40. The van der Waals surface area contributed by atoms with Crippen molar-refractivity contribution in [3.63, 3.8) is 0 Å². The van der Waals surface area contributed by atoms with Crippen molar-refractivity contribution >= 4 is 45.2 Å². The maximum absolute atomic E-state index is 14.7. The Labute approximate surface area is 185 Å². The predicted molar refractivity (Wildman–Crippen MR) is 119 cm³/mol. The van der Waals surface area contributed by atoms with Gasteiger partial charge < -0.3 is 5.11 Å². The largest absolute Gasteiger partial charge is 0.507 e. The highest BCUT2D eigenvalue weighted by molar-refractivity contribution is 7.10. The molecule has 1 fully saturated rings. The number of amides is 1. The predicted octanol–water partition coefficient (Wildman–Crippen LogP) is 5.81. The lowest BCUT2D eigenvalue weighted by Crippen LogP contribution is -2.30. The van der Waals surface area contributed by atoms with Crippen LogP contribution in [0.25, 0.3) is 16.5 Å². The average Bonchev–Trinajstić information content (AvgIpc) is 3.40. The minimum absolute atomic E-state index is 0.141. The lowest BCUT2D eigenvalue weighted by molar-refractivity contribution is -0.132. The van der Waals surface area contributed by atoms with Crippen LogP contribution >= 0.6 is 11.3 Å². The Morgan fingerprint density at radius 3 is 2.47 bits per heavy atom. The van der Waals surface area contributed by atoms with Crippen LogP contribution in [0.5, 0.6) is 0 Å². The zero-order valence-electron chi connectivity index (χ0n) is 16.5. The smallest absolute Gasteiger partial charge is 0.300 e. The number of aliphatic hydroxyl groups excluding tert-OH is 1. The normalized spacial score (nSPS) is 17.9. The number of nitrogens with zero attached hydrogens (tertiary/aromatic N) is 1. The van der Waals surface area contributed by atoms with Crippen molar-refractivity contribution in [3.05, 3.63) is 106 Å². The number of anilines is 1. The third kappa shape index (κ3) is 3.09. The summed E-state index contributed by atoms with van der Waals surface area (Å²) in [5.74, 6) is -4.04. The van der Waals surface area contributed by atoms with Gasteiger partial charge in [-0.05, 0) is 34.4 Å². The first-order valence-corrected chi connectivity index (χ1v) is 10.6. The minimum atomic E-state index is -1.05. The molecule has 1 atom stereocenters. The molecule has 0 aliphatic carbocycles. The number of ketones is 1. The van der Waals surface area contributed by atoms with Gasteiger partial charge in [0.2, 0.25) is 0 Å². The van der Waals surface area contributed by atoms with E-state index in [9.17, 15) is 23.5 Å². The Morgan fingerprint density at radius 1 is 0.938 bits per heavy atom. The van der Waals surface area contributed by atoms with E-state index in [2.05, 4.69) is 0 Å². The minimum Gasteiger partial charge on any atom is -0.507 e. The van der Waals surface area contributed by atoms with E-state index >= 15 is 0 Å². The summed E-state index contributed by atoms with van der Waals surface area (Å²) in [7, 11) is 0. The molecular weight excluding hydrogens is 432 g/mol. The number of Topliss-reactive ketones (excluding diaryl/α,β-unsaturated/α-hetero) is 1. The molecule has 32 heavy (non-hydrogen) atoms. The summed E-state index contributed by atoms with van der Waals surface area (Å²) in [6.07, 6.45) is 0. The molecule has 0 radical (unpaired) electrons. The molecule has 1 amide bonds. The molecule has 1 unspecified atom stereocenters. The fraction of sp³-hybridized carbons (Fsp3) is 0.0400. The summed E-state index contributed by atoms with van der Waals surface area (Å²) in [4.78, 5) is 27.7. The molecule has 4 aromatic rings. The van der Waals surface area contributed by atoms with Gasteiger partial charge in [-0.25, -0.2) is 8.78 Å². The highest BCUT2D eigenvalue weighted by Gasteiger charge is 2.48. The maximum atomic E-state index is 14.7. The van der Waals surface area contributed by atoms with Crippen molar-refractivity contribution in [1.82, 2.24) is 0 Å². The molecule has 5 rings (SSSR count). The van der Waals surface area contributed by atoms with E-state index < -0.39 is 29.4 Å². The second-order valence-corrected chi connectivity index (χ2v) is 8.29. The van der Waals surface area contributed by atoms with Crippen molar-refractivity contribution in [1.29, 1.82) is 0 Å². The Morgan fingerprint density at radius 2 is 1.72 bits per heavy atom. The van der Waals surface area contributed by atoms with Crippen molar-refractivity contribution < 1.29 is 23.5 Å². The van der Waals surface area contributed by atoms with Crippen LogP contribution in [0.4, 0.5) is 14.5 Å². The number of carbonyl (C=O) groups excluding carboxylic acids is 2. The molecule has 0 saturated carbocycles. The van der Waals surface area contributed by atoms with Crippen molar-refractivity contribution in [2.45, 2.75) is 6.04 Å². The van der Waals surface area contributed by atoms with Gasteiger partial charge in [0.15, 0.2) is 0 Å². The van der Waals surface area contributed by atoms with Gasteiger partial charge in [-0.1, -0.05) is 48.5 Å². The van der Waals surface area contributed by atoms with Gasteiger partial charge >= 0.3 is 0 Å². The van der Waals surface area contributed by atoms with Crippen molar-refractivity contribution in [2.24, 2.45) is 0 Å². The van der Waals surface area contributed by atoms with Crippen LogP contribution in [-0.2, 0) is 9.59 Å². The molecule has 0 bridgehead atoms. The van der Waals surface area contributed by atoms with Crippen LogP contribution < -0.4 is 4.90 Å². The summed E-state index contributed by atoms with van der Waals surface area (Å²) in [6.45, 7) is 0. The zero-order chi connectivity index (χ0) is 22.4. The number of carbonyl (C=O) groups is 2. The van der Waals surface area contributed by atoms with E-state index in [0.717, 1.165) is 22.4 Å². The van der Waals surface area contributed by atoms with E-state index in [4.69, 9.17) is 0 Å². The first-order chi connectivity index (χ1) is 15.5. The first-order valence-electron chi connectivity index (χ1n) is 9.75. The summed E-state index contributed by atoms with van der Waals surface area (Å²) >= 11 is 1.26. The fourth-order valence-electron chi connectivity index (χ4n) is 4.05. The van der Waals surface area contributed by atoms with E-state index in [0.29, 0.717) is 21.9 Å². The molecule has 1 aliphatic rings. The summed E-state index contributed by atoms with van der Waals surface area (Å²) in [5, 5.41) is 14.6. The Kier molecular flexibility index (Phi) is 4.83. The molecule has 1 aliphatic heterocycles. The van der Waals surface area contributed by atoms with Crippen LogP contribution in [0.15, 0.2) is 83.7 Å². The van der Waals surface area contributed by atoms with Gasteiger partial charge in [0, 0.05) is 16.5 Å². The number of halogens is 2. The van der Waals surface area contributed by atoms with Gasteiger partial charge in [-0.3, -0.25) is 14.5 Å². The van der Waals surface area contributed by atoms with E-state index in [1.807, 2.05) is 24.3 Å². The number of benzene rings is 3. The van der Waals surface area contributed by atoms with Gasteiger partial charge in [0.1, 0.15) is 23.4 Å². The van der Waals surface area contributed by atoms with Gasteiger partial charge in [-0.15, -0.1) is 11.3 Å². The number of rotatable bonds is 3. The molecule has 3 aromatic carbocycles. The van der Waals surface area contributed by atoms with E-state index in [1.54, 1.807) is 35.7 Å². The Balaban J connectivity index is 1.77. The second kappa shape index (κ2) is 7.69. The van der Waals surface area contributed by atoms with Gasteiger partial charge in [0.05, 0.1) is 11.3 Å². The lowest BCUT2D eigenvalue weighted by atomic mass is 9.96. The standard InChI is InChI=1S/C25H15F2NO3S/c26-15-10-11-19(18(27)13-15)28-22(20-9-4-12-32-20)21(24(30)25(28)31)23(29)17-8-3-6-14-5-1-2-7-16(14)17/h1-13,22,29H/b23-21-. The monoisotopic (exact) mass is 447 g/mol. The Hall–Kier alpha value is -3.84. The summed E-state index contributed by atoms with van der Waals surface area (Å²) in [5.41, 5.74) is 0.0173. The molecule has 158 valence electrons. The molecule has 4 nitrogen and oxygen atoms in total. The van der Waals surface area contributed by atoms with Crippen LogP contribution in [0.3, 0.4) is 0 Å². The highest BCUT2D eigenvalue weighted by atomic mass is 32.1. The average molecular weight is 447 g/mol. The molecule has 1 N–H and O–H groups in total. The number of hydrogen-bond donors (Lipinski definition) is 1. The second-order valence-electron chi connectivity index (χ2n) is 7.31.